The van der Waals surface area contributed by atoms with E-state index < -0.39 is 6.04 Å². The molecule has 0 fully saturated rings. The number of fused-ring (bicyclic) bond motifs is 1. The normalized spacial score (nSPS) is 21.0. The van der Waals surface area contributed by atoms with Gasteiger partial charge in [-0.3, -0.25) is 9.59 Å². The van der Waals surface area contributed by atoms with Crippen molar-refractivity contribution in [1.82, 2.24) is 20.0 Å². The van der Waals surface area contributed by atoms with Gasteiger partial charge in [0, 0.05) is 50.8 Å². The summed E-state index contributed by atoms with van der Waals surface area (Å²) in [6.45, 7) is 11.3. The second-order valence-corrected chi connectivity index (χ2v) is 12.5. The van der Waals surface area contributed by atoms with Crippen LogP contribution in [0.15, 0.2) is 18.2 Å². The van der Waals surface area contributed by atoms with Crippen molar-refractivity contribution in [3.05, 3.63) is 23.8 Å². The summed E-state index contributed by atoms with van der Waals surface area (Å²) in [4.78, 5) is 44.8. The van der Waals surface area contributed by atoms with Crippen molar-refractivity contribution in [3.63, 3.8) is 0 Å². The molecule has 11 heteroatoms. The topological polar surface area (TPSA) is 124 Å². The zero-order valence-corrected chi connectivity index (χ0v) is 27.5. The number of carbonyl (C=O) groups is 3. The molecule has 3 N–H and O–H groups in total. The molecule has 11 nitrogen and oxygen atoms in total. The largest absolute Gasteiger partial charge is 0.490 e. The van der Waals surface area contributed by atoms with Crippen molar-refractivity contribution < 1.29 is 29.0 Å². The molecule has 0 aromatic heterocycles. The molecule has 244 valence electrons. The number of rotatable bonds is 10. The van der Waals surface area contributed by atoms with E-state index in [0.717, 1.165) is 32.2 Å². The Labute approximate surface area is 258 Å². The van der Waals surface area contributed by atoms with Gasteiger partial charge in [-0.25, -0.2) is 4.79 Å². The molecule has 0 bridgehead atoms. The zero-order chi connectivity index (χ0) is 32.1. The number of aliphatic hydroxyl groups excluding tert-OH is 1. The van der Waals surface area contributed by atoms with Crippen molar-refractivity contribution in [1.29, 1.82) is 0 Å². The average Bonchev–Trinajstić information content (AvgIpc) is 2.93. The van der Waals surface area contributed by atoms with Gasteiger partial charge in [0.25, 0.3) is 5.91 Å². The van der Waals surface area contributed by atoms with Crippen molar-refractivity contribution >= 4 is 23.5 Å². The summed E-state index contributed by atoms with van der Waals surface area (Å²) in [6.07, 6.45) is 3.10. The molecular weight excluding hydrogens is 550 g/mol. The van der Waals surface area contributed by atoms with Crippen LogP contribution in [-0.2, 0) is 9.53 Å². The Morgan fingerprint density at radius 1 is 1.14 bits per heavy atom. The molecule has 1 aliphatic rings. The number of aliphatic hydroxyl groups is 1. The fourth-order valence-electron chi connectivity index (χ4n) is 4.95. The number of carbonyl (C=O) groups excluding carboxylic acids is 3. The predicted octanol–water partition coefficient (Wildman–Crippen LogP) is 3.81. The maximum Gasteiger partial charge on any atom is 0.317 e. The van der Waals surface area contributed by atoms with Gasteiger partial charge in [-0.05, 0) is 92.2 Å². The van der Waals surface area contributed by atoms with E-state index in [9.17, 15) is 19.5 Å². The summed E-state index contributed by atoms with van der Waals surface area (Å²) < 4.78 is 12.6. The molecule has 1 aromatic carbocycles. The lowest BCUT2D eigenvalue weighted by molar-refractivity contribution is -0.116. The van der Waals surface area contributed by atoms with Gasteiger partial charge in [0.2, 0.25) is 5.91 Å². The second kappa shape index (κ2) is 18.0. The number of amides is 4. The molecule has 0 spiro atoms. The average molecular weight is 606 g/mol. The molecule has 43 heavy (non-hydrogen) atoms. The van der Waals surface area contributed by atoms with E-state index in [1.807, 2.05) is 46.7 Å². The monoisotopic (exact) mass is 605 g/mol. The lowest BCUT2D eigenvalue weighted by Gasteiger charge is -2.36. The first kappa shape index (κ1) is 36.3. The highest BCUT2D eigenvalue weighted by molar-refractivity contribution is 5.99. The number of hydrogen-bond donors (Lipinski definition) is 3. The van der Waals surface area contributed by atoms with Crippen LogP contribution in [0.3, 0.4) is 0 Å². The lowest BCUT2D eigenvalue weighted by atomic mass is 10.0. The van der Waals surface area contributed by atoms with Crippen molar-refractivity contribution in [2.75, 3.05) is 59.3 Å². The number of likely N-dealkylation sites (N-methyl/N-ethyl adjacent to an activating group) is 1. The highest BCUT2D eigenvalue weighted by Crippen LogP contribution is 2.28. The fraction of sp³-hybridized carbons (Fsp3) is 0.719. The van der Waals surface area contributed by atoms with Crippen LogP contribution in [0.25, 0.3) is 0 Å². The van der Waals surface area contributed by atoms with E-state index in [1.54, 1.807) is 42.0 Å². The molecule has 0 saturated carbocycles. The van der Waals surface area contributed by atoms with Crippen molar-refractivity contribution in [2.24, 2.45) is 5.92 Å². The van der Waals surface area contributed by atoms with E-state index in [2.05, 4.69) is 10.6 Å². The van der Waals surface area contributed by atoms with Crippen LogP contribution in [0, 0.1) is 5.92 Å². The molecule has 4 atom stereocenters. The number of nitrogens with one attached hydrogen (secondary N) is 2. The van der Waals surface area contributed by atoms with Crippen molar-refractivity contribution in [2.45, 2.75) is 91.0 Å². The highest BCUT2D eigenvalue weighted by Gasteiger charge is 2.31. The predicted molar refractivity (Wildman–Crippen MR) is 170 cm³/mol. The quantitative estimate of drug-likeness (QED) is 0.371. The van der Waals surface area contributed by atoms with Gasteiger partial charge in [-0.2, -0.15) is 0 Å². The Balaban J connectivity index is 2.39. The van der Waals surface area contributed by atoms with Crippen LogP contribution < -0.4 is 15.4 Å². The molecule has 0 radical (unpaired) electrons. The van der Waals surface area contributed by atoms with Crippen LogP contribution in [0.2, 0.25) is 0 Å². The minimum atomic E-state index is -0.486. The van der Waals surface area contributed by atoms with E-state index in [0.29, 0.717) is 43.1 Å². The first-order valence-electron chi connectivity index (χ1n) is 15.6. The number of benzene rings is 1. The van der Waals surface area contributed by atoms with Gasteiger partial charge in [0.15, 0.2) is 0 Å². The maximum atomic E-state index is 14.2. The third kappa shape index (κ3) is 12.3. The molecule has 1 heterocycles. The van der Waals surface area contributed by atoms with Gasteiger partial charge >= 0.3 is 6.03 Å². The molecule has 0 saturated heterocycles. The lowest BCUT2D eigenvalue weighted by Crippen LogP contribution is -2.49. The van der Waals surface area contributed by atoms with Gasteiger partial charge in [0.1, 0.15) is 5.75 Å². The minimum absolute atomic E-state index is 0.00722. The molecular formula is C32H55N5O6. The maximum absolute atomic E-state index is 14.2. The summed E-state index contributed by atoms with van der Waals surface area (Å²) in [7, 11) is 5.67. The third-order valence-corrected chi connectivity index (χ3v) is 7.56. The summed E-state index contributed by atoms with van der Waals surface area (Å²) in [5, 5.41) is 16.0. The minimum Gasteiger partial charge on any atom is -0.490 e. The van der Waals surface area contributed by atoms with E-state index >= 15 is 0 Å². The smallest absolute Gasteiger partial charge is 0.317 e. The molecule has 2 rings (SSSR count). The molecule has 0 unspecified atom stereocenters. The fourth-order valence-corrected chi connectivity index (χ4v) is 4.95. The van der Waals surface area contributed by atoms with Gasteiger partial charge < -0.3 is 39.9 Å². The molecule has 1 aromatic rings. The first-order chi connectivity index (χ1) is 20.3. The number of urea groups is 1. The Hall–Kier alpha value is -2.89. The third-order valence-electron chi connectivity index (χ3n) is 7.56. The Bertz CT molecular complexity index is 1040. The summed E-state index contributed by atoms with van der Waals surface area (Å²) in [5.74, 6) is -0.135. The zero-order valence-electron chi connectivity index (χ0n) is 27.5. The Morgan fingerprint density at radius 2 is 1.86 bits per heavy atom. The Morgan fingerprint density at radius 3 is 2.51 bits per heavy atom. The van der Waals surface area contributed by atoms with E-state index in [4.69, 9.17) is 9.47 Å². The summed E-state index contributed by atoms with van der Waals surface area (Å²) in [6, 6.07) is 4.51. The van der Waals surface area contributed by atoms with Crippen LogP contribution in [0.5, 0.6) is 5.75 Å². The summed E-state index contributed by atoms with van der Waals surface area (Å²) in [5.41, 5.74) is 0.844. The first-order valence-corrected chi connectivity index (χ1v) is 15.6. The van der Waals surface area contributed by atoms with Crippen LogP contribution >= 0.6 is 0 Å². The Kier molecular flexibility index (Phi) is 15.2. The SMILES string of the molecule is CC(C)NC(=O)N(C)C[C@@H]1OCCCC[C@@H](C)Oc2ccc(NC(=O)CCCN(C)C)cc2C(=O)N([C@@H](C)CO)C[C@@H]1C. The van der Waals surface area contributed by atoms with E-state index in [-0.39, 0.29) is 48.6 Å². The standard InChI is InChI=1S/C32H55N5O6/c1-22(2)33-32(41)36(8)20-29-23(3)19-37(24(4)21-38)31(40)27-18-26(34-30(39)13-11-16-35(6)7)14-15-28(27)43-25(5)12-9-10-17-42-29/h14-15,18,22-25,29,38H,9-13,16-17,19-21H2,1-8H3,(H,33,41)(H,34,39)/t23-,24-,25+,29-/m0/s1. The van der Waals surface area contributed by atoms with Gasteiger partial charge in [-0.15, -0.1) is 0 Å². The van der Waals surface area contributed by atoms with Crippen molar-refractivity contribution in [3.8, 4) is 5.75 Å². The van der Waals surface area contributed by atoms with Crippen LogP contribution in [-0.4, -0.2) is 116 Å². The molecule has 4 amide bonds. The number of anilines is 1. The molecule has 1 aliphatic heterocycles. The highest BCUT2D eigenvalue weighted by atomic mass is 16.5. The van der Waals surface area contributed by atoms with Gasteiger partial charge in [0.05, 0.1) is 30.4 Å². The number of hydrogen-bond acceptors (Lipinski definition) is 7. The van der Waals surface area contributed by atoms with Gasteiger partial charge in [-0.1, -0.05) is 6.92 Å². The number of nitrogens with zero attached hydrogens (tertiary/aromatic N) is 3. The van der Waals surface area contributed by atoms with Crippen LogP contribution in [0.4, 0.5) is 10.5 Å². The summed E-state index contributed by atoms with van der Waals surface area (Å²) >= 11 is 0. The molecule has 0 aliphatic carbocycles. The van der Waals surface area contributed by atoms with E-state index in [1.165, 1.54) is 0 Å². The van der Waals surface area contributed by atoms with Crippen LogP contribution in [0.1, 0.15) is 77.1 Å². The number of ether oxygens (including phenoxy) is 2. The second-order valence-electron chi connectivity index (χ2n) is 12.5.